The summed E-state index contributed by atoms with van der Waals surface area (Å²) in [6, 6.07) is 11.4. The Bertz CT molecular complexity index is 1010. The highest BCUT2D eigenvalue weighted by atomic mass is 32.2. The zero-order valence-corrected chi connectivity index (χ0v) is 18.5. The van der Waals surface area contributed by atoms with Crippen LogP contribution in [0.4, 0.5) is 5.69 Å². The molecule has 1 aliphatic rings. The van der Waals surface area contributed by atoms with Crippen LogP contribution in [-0.4, -0.2) is 26.6 Å². The van der Waals surface area contributed by atoms with Gasteiger partial charge in [0.25, 0.3) is 5.91 Å². The molecule has 2 aromatic rings. The number of rotatable bonds is 5. The lowest BCUT2D eigenvalue weighted by Gasteiger charge is -2.30. The highest BCUT2D eigenvalue weighted by Crippen LogP contribution is 2.28. The van der Waals surface area contributed by atoms with Crippen LogP contribution in [-0.2, 0) is 10.0 Å². The van der Waals surface area contributed by atoms with Gasteiger partial charge in [-0.3, -0.25) is 9.10 Å². The van der Waals surface area contributed by atoms with E-state index < -0.39 is 10.0 Å². The molecule has 1 heterocycles. The van der Waals surface area contributed by atoms with Gasteiger partial charge in [-0.2, -0.15) is 0 Å². The fourth-order valence-electron chi connectivity index (χ4n) is 3.72. The first-order chi connectivity index (χ1) is 13.7. The molecule has 0 spiro atoms. The molecule has 5 nitrogen and oxygen atoms in total. The van der Waals surface area contributed by atoms with E-state index in [-0.39, 0.29) is 17.7 Å². The number of carbonyl (C=O) groups excluding carboxylic acids is 1. The van der Waals surface area contributed by atoms with Gasteiger partial charge in [0.15, 0.2) is 0 Å². The van der Waals surface area contributed by atoms with Crippen molar-refractivity contribution in [1.29, 1.82) is 0 Å². The van der Waals surface area contributed by atoms with Crippen LogP contribution in [0, 0.1) is 20.8 Å². The molecule has 29 heavy (non-hydrogen) atoms. The van der Waals surface area contributed by atoms with Crippen molar-refractivity contribution in [3.63, 3.8) is 0 Å². The summed E-state index contributed by atoms with van der Waals surface area (Å²) in [6.07, 6.45) is 2.29. The zero-order valence-electron chi connectivity index (χ0n) is 17.7. The van der Waals surface area contributed by atoms with E-state index in [0.717, 1.165) is 24.0 Å². The fourth-order valence-corrected chi connectivity index (χ4v) is 5.42. The van der Waals surface area contributed by atoms with Crippen LogP contribution in [0.3, 0.4) is 0 Å². The van der Waals surface area contributed by atoms with Gasteiger partial charge in [-0.25, -0.2) is 8.42 Å². The van der Waals surface area contributed by atoms with Gasteiger partial charge in [0.2, 0.25) is 10.0 Å². The quantitative estimate of drug-likeness (QED) is 0.787. The first-order valence-corrected chi connectivity index (χ1v) is 11.8. The third-order valence-electron chi connectivity index (χ3n) is 5.74. The predicted octanol–water partition coefficient (Wildman–Crippen LogP) is 4.42. The van der Waals surface area contributed by atoms with Crippen molar-refractivity contribution in [2.75, 3.05) is 16.6 Å². The summed E-state index contributed by atoms with van der Waals surface area (Å²) in [5, 5.41) is 3.11. The number of sulfonamides is 1. The summed E-state index contributed by atoms with van der Waals surface area (Å²) in [4.78, 5) is 13.0. The Labute approximate surface area is 174 Å². The second-order valence-electron chi connectivity index (χ2n) is 7.87. The van der Waals surface area contributed by atoms with Gasteiger partial charge < -0.3 is 5.32 Å². The molecule has 1 fully saturated rings. The molecule has 1 unspecified atom stereocenters. The van der Waals surface area contributed by atoms with Crippen LogP contribution >= 0.6 is 0 Å². The molecule has 1 amide bonds. The van der Waals surface area contributed by atoms with E-state index in [1.807, 2.05) is 19.9 Å². The molecule has 0 radical (unpaired) electrons. The van der Waals surface area contributed by atoms with Crippen LogP contribution in [0.1, 0.15) is 64.8 Å². The Balaban J connectivity index is 1.86. The summed E-state index contributed by atoms with van der Waals surface area (Å²) in [5.74, 6) is -0.0289. The minimum atomic E-state index is -3.32. The minimum absolute atomic E-state index is 0.0923. The van der Waals surface area contributed by atoms with Crippen molar-refractivity contribution < 1.29 is 13.2 Å². The van der Waals surface area contributed by atoms with Gasteiger partial charge in [0.05, 0.1) is 17.5 Å². The molecule has 0 bridgehead atoms. The normalized spacial score (nSPS) is 17.0. The summed E-state index contributed by atoms with van der Waals surface area (Å²) >= 11 is 0. The van der Waals surface area contributed by atoms with E-state index in [1.54, 1.807) is 12.1 Å². The number of anilines is 1. The van der Waals surface area contributed by atoms with Crippen molar-refractivity contribution in [1.82, 2.24) is 5.32 Å². The van der Waals surface area contributed by atoms with E-state index >= 15 is 0 Å². The lowest BCUT2D eigenvalue weighted by Crippen LogP contribution is -2.38. The van der Waals surface area contributed by atoms with E-state index in [4.69, 9.17) is 0 Å². The third kappa shape index (κ3) is 4.64. The van der Waals surface area contributed by atoms with Gasteiger partial charge in [0.1, 0.15) is 0 Å². The molecular weight excluding hydrogens is 384 g/mol. The van der Waals surface area contributed by atoms with E-state index in [0.29, 0.717) is 24.2 Å². The SMILES string of the molecule is CCC(NC(=O)c1ccc(C)c(N2CCCCS2(=O)=O)c1)c1ccc(C)c(C)c1. The molecule has 6 heteroatoms. The summed E-state index contributed by atoms with van der Waals surface area (Å²) in [6.45, 7) is 8.53. The largest absolute Gasteiger partial charge is 0.345 e. The summed E-state index contributed by atoms with van der Waals surface area (Å²) < 4.78 is 26.5. The second-order valence-corrected chi connectivity index (χ2v) is 9.89. The van der Waals surface area contributed by atoms with E-state index in [9.17, 15) is 13.2 Å². The monoisotopic (exact) mass is 414 g/mol. The molecule has 0 saturated carbocycles. The van der Waals surface area contributed by atoms with E-state index in [1.165, 1.54) is 15.4 Å². The van der Waals surface area contributed by atoms with Crippen molar-refractivity contribution >= 4 is 21.6 Å². The average molecular weight is 415 g/mol. The lowest BCUT2D eigenvalue weighted by atomic mass is 9.99. The Morgan fingerprint density at radius 3 is 2.41 bits per heavy atom. The zero-order chi connectivity index (χ0) is 21.2. The number of benzene rings is 2. The third-order valence-corrected chi connectivity index (χ3v) is 7.59. The smallest absolute Gasteiger partial charge is 0.251 e. The molecular formula is C23H30N2O3S. The molecule has 1 atom stereocenters. The Hall–Kier alpha value is -2.34. The van der Waals surface area contributed by atoms with E-state index in [2.05, 4.69) is 37.4 Å². The number of nitrogens with one attached hydrogen (secondary N) is 1. The maximum atomic E-state index is 13.0. The standard InChI is InChI=1S/C23H30N2O3S/c1-5-21(19-10-8-16(2)18(4)14-19)24-23(26)20-11-9-17(3)22(15-20)25-12-6-7-13-29(25,27)28/h8-11,14-15,21H,5-7,12-13H2,1-4H3,(H,24,26). The molecule has 2 aromatic carbocycles. The molecule has 3 rings (SSSR count). The molecule has 156 valence electrons. The van der Waals surface area contributed by atoms with Crippen molar-refractivity contribution in [3.05, 3.63) is 64.2 Å². The Kier molecular flexibility index (Phi) is 6.32. The number of carbonyl (C=O) groups is 1. The Morgan fingerprint density at radius 1 is 1.03 bits per heavy atom. The summed E-state index contributed by atoms with van der Waals surface area (Å²) in [5.41, 5.74) is 5.44. The van der Waals surface area contributed by atoms with Crippen LogP contribution in [0.5, 0.6) is 0 Å². The van der Waals surface area contributed by atoms with Crippen molar-refractivity contribution in [3.8, 4) is 0 Å². The number of amides is 1. The lowest BCUT2D eigenvalue weighted by molar-refractivity contribution is 0.0935. The van der Waals surface area contributed by atoms with Gasteiger partial charge in [-0.15, -0.1) is 0 Å². The average Bonchev–Trinajstić information content (AvgIpc) is 2.68. The predicted molar refractivity (Wildman–Crippen MR) is 118 cm³/mol. The second kappa shape index (κ2) is 8.57. The highest BCUT2D eigenvalue weighted by Gasteiger charge is 2.28. The number of aryl methyl sites for hydroxylation is 3. The van der Waals surface area contributed by atoms with Crippen LogP contribution in [0.15, 0.2) is 36.4 Å². The Morgan fingerprint density at radius 2 is 1.76 bits per heavy atom. The molecule has 1 saturated heterocycles. The molecule has 0 aliphatic carbocycles. The number of nitrogens with zero attached hydrogens (tertiary/aromatic N) is 1. The maximum Gasteiger partial charge on any atom is 0.251 e. The number of hydrogen-bond donors (Lipinski definition) is 1. The van der Waals surface area contributed by atoms with Crippen LogP contribution in [0.25, 0.3) is 0 Å². The minimum Gasteiger partial charge on any atom is -0.345 e. The molecule has 1 aliphatic heterocycles. The number of hydrogen-bond acceptors (Lipinski definition) is 3. The first-order valence-electron chi connectivity index (χ1n) is 10.2. The van der Waals surface area contributed by atoms with Crippen molar-refractivity contribution in [2.45, 2.75) is 53.0 Å². The van der Waals surface area contributed by atoms with Gasteiger partial charge in [0, 0.05) is 12.1 Å². The molecule has 1 N–H and O–H groups in total. The molecule has 0 aromatic heterocycles. The van der Waals surface area contributed by atoms with Gasteiger partial charge in [-0.1, -0.05) is 31.2 Å². The van der Waals surface area contributed by atoms with Crippen molar-refractivity contribution in [2.24, 2.45) is 0 Å². The maximum absolute atomic E-state index is 13.0. The highest BCUT2D eigenvalue weighted by molar-refractivity contribution is 7.92. The van der Waals surface area contributed by atoms with Gasteiger partial charge in [-0.05, 0) is 74.4 Å². The van der Waals surface area contributed by atoms with Gasteiger partial charge >= 0.3 is 0 Å². The topological polar surface area (TPSA) is 66.5 Å². The van der Waals surface area contributed by atoms with Crippen LogP contribution in [0.2, 0.25) is 0 Å². The van der Waals surface area contributed by atoms with Crippen LogP contribution < -0.4 is 9.62 Å². The fraction of sp³-hybridized carbons (Fsp3) is 0.435. The first kappa shape index (κ1) is 21.4. The summed E-state index contributed by atoms with van der Waals surface area (Å²) in [7, 11) is -3.32.